The van der Waals surface area contributed by atoms with Gasteiger partial charge in [0.05, 0.1) is 16.3 Å². The second-order valence-electron chi connectivity index (χ2n) is 4.15. The molecule has 2 rings (SSSR count). The molecule has 0 spiro atoms. The van der Waals surface area contributed by atoms with Crippen LogP contribution in [0.25, 0.3) is 0 Å². The molecule has 6 nitrogen and oxygen atoms in total. The summed E-state index contributed by atoms with van der Waals surface area (Å²) in [5, 5.41) is 4.80. The van der Waals surface area contributed by atoms with Crippen molar-refractivity contribution in [1.29, 1.82) is 0 Å². The first-order chi connectivity index (χ1) is 9.60. The zero-order valence-electron chi connectivity index (χ0n) is 10.6. The molecule has 0 radical (unpaired) electrons. The lowest BCUT2D eigenvalue weighted by atomic mass is 10.1. The van der Waals surface area contributed by atoms with Gasteiger partial charge in [-0.3, -0.25) is 19.7 Å². The van der Waals surface area contributed by atoms with Crippen LogP contribution in [0.15, 0.2) is 12.1 Å². The van der Waals surface area contributed by atoms with Gasteiger partial charge in [0.15, 0.2) is 0 Å². The number of nitrogens with one attached hydrogen (secondary N) is 2. The molecule has 0 aliphatic carbocycles. The zero-order valence-corrected chi connectivity index (χ0v) is 11.4. The van der Waals surface area contributed by atoms with Crippen molar-refractivity contribution in [2.75, 3.05) is 6.54 Å². The van der Waals surface area contributed by atoms with Crippen molar-refractivity contribution in [2.24, 2.45) is 5.73 Å². The van der Waals surface area contributed by atoms with Gasteiger partial charge < -0.3 is 11.1 Å². The van der Waals surface area contributed by atoms with Gasteiger partial charge in [0.1, 0.15) is 6.04 Å². The summed E-state index contributed by atoms with van der Waals surface area (Å²) in [5.41, 5.74) is 5.27. The van der Waals surface area contributed by atoms with E-state index < -0.39 is 11.9 Å². The van der Waals surface area contributed by atoms with Crippen molar-refractivity contribution >= 4 is 29.1 Å². The molecule has 20 heavy (non-hydrogen) atoms. The molecule has 1 atom stereocenters. The molecule has 3 amide bonds. The lowest BCUT2D eigenvalue weighted by Gasteiger charge is -2.21. The van der Waals surface area contributed by atoms with E-state index in [1.54, 1.807) is 12.1 Å². The third kappa shape index (κ3) is 3.44. The Bertz CT molecular complexity index is 612. The third-order valence-electron chi connectivity index (χ3n) is 2.69. The number of carbonyl (C=O) groups excluding carboxylic acids is 3. The van der Waals surface area contributed by atoms with E-state index in [1.807, 2.05) is 0 Å². The molecule has 1 saturated heterocycles. The van der Waals surface area contributed by atoms with Crippen LogP contribution in [0.5, 0.6) is 0 Å². The van der Waals surface area contributed by atoms with Gasteiger partial charge in [-0.2, -0.15) is 0 Å². The van der Waals surface area contributed by atoms with Gasteiger partial charge >= 0.3 is 0 Å². The Morgan fingerprint density at radius 3 is 3.00 bits per heavy atom. The van der Waals surface area contributed by atoms with Crippen LogP contribution in [0.3, 0.4) is 0 Å². The normalized spacial score (nSPS) is 17.9. The minimum Gasteiger partial charge on any atom is -0.340 e. The van der Waals surface area contributed by atoms with Gasteiger partial charge in [0.2, 0.25) is 11.8 Å². The highest BCUT2D eigenvalue weighted by atomic mass is 32.1. The maximum absolute atomic E-state index is 12.0. The summed E-state index contributed by atoms with van der Waals surface area (Å²) in [6, 6.07) is 2.71. The van der Waals surface area contributed by atoms with Crippen LogP contribution in [0.2, 0.25) is 0 Å². The first-order valence-electron chi connectivity index (χ1n) is 6.03. The topological polar surface area (TPSA) is 101 Å². The standard InChI is InChI=1S/C13H13N3O3S/c14-7-1-2-8-3-5-10(20-8)13(19)15-9-4-6-11(17)16-12(9)18/h3,5,9H,4,6-7,14H2,(H,15,19)(H,16,17,18). The minimum atomic E-state index is -0.666. The number of carbonyl (C=O) groups is 3. The Morgan fingerprint density at radius 1 is 1.50 bits per heavy atom. The van der Waals surface area contributed by atoms with E-state index >= 15 is 0 Å². The van der Waals surface area contributed by atoms with Gasteiger partial charge in [-0.15, -0.1) is 11.3 Å². The number of hydrogen-bond acceptors (Lipinski definition) is 5. The van der Waals surface area contributed by atoms with Crippen molar-refractivity contribution < 1.29 is 14.4 Å². The van der Waals surface area contributed by atoms with E-state index in [0.717, 1.165) is 4.88 Å². The third-order valence-corrected chi connectivity index (χ3v) is 3.69. The van der Waals surface area contributed by atoms with Crippen molar-refractivity contribution in [3.05, 3.63) is 21.9 Å². The second kappa shape index (κ2) is 6.32. The Kier molecular flexibility index (Phi) is 4.50. The molecule has 1 unspecified atom stereocenters. The summed E-state index contributed by atoms with van der Waals surface area (Å²) >= 11 is 1.23. The van der Waals surface area contributed by atoms with Gasteiger partial charge in [-0.1, -0.05) is 11.8 Å². The summed E-state index contributed by atoms with van der Waals surface area (Å²) in [6.45, 7) is 0.260. The summed E-state index contributed by atoms with van der Waals surface area (Å²) in [5.74, 6) is 4.43. The molecular formula is C13H13N3O3S. The average molecular weight is 291 g/mol. The molecule has 1 aliphatic heterocycles. The van der Waals surface area contributed by atoms with Crippen molar-refractivity contribution in [2.45, 2.75) is 18.9 Å². The molecular weight excluding hydrogens is 278 g/mol. The highest BCUT2D eigenvalue weighted by molar-refractivity contribution is 7.14. The van der Waals surface area contributed by atoms with Crippen molar-refractivity contribution in [1.82, 2.24) is 10.6 Å². The van der Waals surface area contributed by atoms with Crippen LogP contribution >= 0.6 is 11.3 Å². The predicted molar refractivity (Wildman–Crippen MR) is 73.9 cm³/mol. The molecule has 4 N–H and O–H groups in total. The number of piperidine rings is 1. The fourth-order valence-corrected chi connectivity index (χ4v) is 2.51. The SMILES string of the molecule is NCC#Cc1ccc(C(=O)NC2CCC(=O)NC2=O)s1. The van der Waals surface area contributed by atoms with Crippen LogP contribution in [-0.2, 0) is 9.59 Å². The zero-order chi connectivity index (χ0) is 14.5. The fourth-order valence-electron chi connectivity index (χ4n) is 1.73. The average Bonchev–Trinajstić information content (AvgIpc) is 2.88. The predicted octanol–water partition coefficient (Wildman–Crippen LogP) is -0.407. The summed E-state index contributed by atoms with van der Waals surface area (Å²) in [6.07, 6.45) is 0.552. The van der Waals surface area contributed by atoms with Crippen molar-refractivity contribution in [3.63, 3.8) is 0 Å². The molecule has 104 valence electrons. The Balaban J connectivity index is 1.99. The smallest absolute Gasteiger partial charge is 0.262 e. The van der Waals surface area contributed by atoms with Crippen LogP contribution < -0.4 is 16.4 Å². The Morgan fingerprint density at radius 2 is 2.30 bits per heavy atom. The Labute approximate surface area is 119 Å². The van der Waals surface area contributed by atoms with E-state index in [-0.39, 0.29) is 24.8 Å². The highest BCUT2D eigenvalue weighted by Gasteiger charge is 2.28. The van der Waals surface area contributed by atoms with E-state index in [2.05, 4.69) is 22.5 Å². The van der Waals surface area contributed by atoms with E-state index in [1.165, 1.54) is 11.3 Å². The first kappa shape index (κ1) is 14.2. The number of amides is 3. The maximum atomic E-state index is 12.0. The van der Waals surface area contributed by atoms with E-state index in [9.17, 15) is 14.4 Å². The number of thiophene rings is 1. The highest BCUT2D eigenvalue weighted by Crippen LogP contribution is 2.16. The number of nitrogens with two attached hydrogens (primary N) is 1. The molecule has 1 fully saturated rings. The quantitative estimate of drug-likeness (QED) is 0.509. The van der Waals surface area contributed by atoms with Crippen LogP contribution in [-0.4, -0.2) is 30.3 Å². The van der Waals surface area contributed by atoms with Gasteiger partial charge in [-0.25, -0.2) is 0 Å². The number of rotatable bonds is 2. The van der Waals surface area contributed by atoms with Crippen LogP contribution in [0, 0.1) is 11.8 Å². The van der Waals surface area contributed by atoms with Gasteiger partial charge in [-0.05, 0) is 18.6 Å². The number of imide groups is 1. The van der Waals surface area contributed by atoms with Crippen LogP contribution in [0.1, 0.15) is 27.4 Å². The molecule has 0 aromatic carbocycles. The van der Waals surface area contributed by atoms with E-state index in [0.29, 0.717) is 11.3 Å². The lowest BCUT2D eigenvalue weighted by molar-refractivity contribution is -0.134. The summed E-state index contributed by atoms with van der Waals surface area (Å²) in [4.78, 5) is 35.7. The van der Waals surface area contributed by atoms with Crippen LogP contribution in [0.4, 0.5) is 0 Å². The van der Waals surface area contributed by atoms with Gasteiger partial charge in [0.25, 0.3) is 5.91 Å². The molecule has 1 aliphatic rings. The summed E-state index contributed by atoms with van der Waals surface area (Å²) in [7, 11) is 0. The monoisotopic (exact) mass is 291 g/mol. The lowest BCUT2D eigenvalue weighted by Crippen LogP contribution is -2.52. The molecule has 1 aromatic heterocycles. The second-order valence-corrected chi connectivity index (χ2v) is 5.23. The molecule has 2 heterocycles. The number of hydrogen-bond donors (Lipinski definition) is 3. The van der Waals surface area contributed by atoms with Crippen molar-refractivity contribution in [3.8, 4) is 11.8 Å². The molecule has 1 aromatic rings. The minimum absolute atomic E-state index is 0.231. The molecule has 7 heteroatoms. The first-order valence-corrected chi connectivity index (χ1v) is 6.85. The van der Waals surface area contributed by atoms with Gasteiger partial charge in [0, 0.05) is 6.42 Å². The summed E-state index contributed by atoms with van der Waals surface area (Å²) < 4.78 is 0. The molecule has 0 saturated carbocycles. The fraction of sp³-hybridized carbons (Fsp3) is 0.308. The van der Waals surface area contributed by atoms with E-state index in [4.69, 9.17) is 5.73 Å². The Hall–Kier alpha value is -2.17. The maximum Gasteiger partial charge on any atom is 0.262 e. The molecule has 0 bridgehead atoms. The largest absolute Gasteiger partial charge is 0.340 e.